The van der Waals surface area contributed by atoms with Gasteiger partial charge in [-0.25, -0.2) is 9.78 Å². The van der Waals surface area contributed by atoms with Crippen LogP contribution in [-0.4, -0.2) is 30.4 Å². The third-order valence-electron chi connectivity index (χ3n) is 3.17. The molecule has 0 aliphatic carbocycles. The third kappa shape index (κ3) is 6.93. The molecule has 1 heterocycles. The average molecular weight is 371 g/mol. The maximum atomic E-state index is 11.8. The number of carbonyl (C=O) groups is 1. The third-order valence-corrected chi connectivity index (χ3v) is 3.17. The van der Waals surface area contributed by atoms with E-state index in [-0.39, 0.29) is 12.9 Å². The number of ether oxygens (including phenoxy) is 2. The Bertz CT molecular complexity index is 775. The Hall–Kier alpha value is -3.15. The number of pyridine rings is 1. The van der Waals surface area contributed by atoms with Crippen LogP contribution < -0.4 is 10.1 Å². The summed E-state index contributed by atoms with van der Waals surface area (Å²) < 4.78 is 10.4. The minimum Gasteiger partial charge on any atom is -0.465 e. The van der Waals surface area contributed by atoms with Gasteiger partial charge in [0.25, 0.3) is 0 Å². The fourth-order valence-electron chi connectivity index (χ4n) is 2.07. The summed E-state index contributed by atoms with van der Waals surface area (Å²) in [5, 5.41) is 3.23. The van der Waals surface area contributed by atoms with E-state index < -0.39 is 5.97 Å². The van der Waals surface area contributed by atoms with E-state index in [1.165, 1.54) is 7.11 Å². The molecule has 27 heavy (non-hydrogen) atoms. The summed E-state index contributed by atoms with van der Waals surface area (Å²) in [6, 6.07) is 10.6. The fraction of sp³-hybridized carbons (Fsp3) is 0.286. The van der Waals surface area contributed by atoms with Crippen molar-refractivity contribution in [3.8, 4) is 11.6 Å². The normalized spacial score (nSPS) is 10.8. The zero-order valence-corrected chi connectivity index (χ0v) is 16.5. The van der Waals surface area contributed by atoms with Gasteiger partial charge in [-0.2, -0.15) is 0 Å². The summed E-state index contributed by atoms with van der Waals surface area (Å²) in [4.78, 5) is 20.2. The van der Waals surface area contributed by atoms with E-state index in [1.807, 2.05) is 52.0 Å². The van der Waals surface area contributed by atoms with Gasteiger partial charge < -0.3 is 14.8 Å². The second kappa shape index (κ2) is 12.2. The largest absolute Gasteiger partial charge is 0.465 e. The number of rotatable bonds is 6. The van der Waals surface area contributed by atoms with Gasteiger partial charge in [-0.15, -0.1) is 0 Å². The summed E-state index contributed by atoms with van der Waals surface area (Å²) in [5.41, 5.74) is 1.16. The molecule has 1 aromatic heterocycles. The average Bonchev–Trinajstić information content (AvgIpc) is 2.71. The highest BCUT2D eigenvalue weighted by Gasteiger charge is 2.14. The lowest BCUT2D eigenvalue weighted by molar-refractivity contribution is 0.0597. The molecule has 1 N–H and O–H groups in total. The van der Waals surface area contributed by atoms with E-state index in [4.69, 9.17) is 9.47 Å². The van der Waals surface area contributed by atoms with Gasteiger partial charge in [0, 0.05) is 19.9 Å². The Morgan fingerprint density at radius 3 is 2.56 bits per heavy atom. The van der Waals surface area contributed by atoms with Gasteiger partial charge in [0.2, 0.25) is 5.88 Å². The van der Waals surface area contributed by atoms with Crippen molar-refractivity contribution < 1.29 is 15.7 Å². The maximum Gasteiger partial charge on any atom is 0.343 e. The predicted octanol–water partition coefficient (Wildman–Crippen LogP) is 5.34. The van der Waals surface area contributed by atoms with Gasteiger partial charge in [-0.3, -0.25) is 4.99 Å². The molecule has 1 aromatic carbocycles. The molecule has 0 aliphatic heterocycles. The van der Waals surface area contributed by atoms with Gasteiger partial charge in [0.1, 0.15) is 17.1 Å². The number of nitrogens with zero attached hydrogens (tertiary/aromatic N) is 2. The van der Waals surface area contributed by atoms with Crippen molar-refractivity contribution in [1.82, 2.24) is 4.98 Å². The van der Waals surface area contributed by atoms with Crippen molar-refractivity contribution in [2.75, 3.05) is 19.0 Å². The van der Waals surface area contributed by atoms with Crippen LogP contribution in [0, 0.1) is 0 Å². The lowest BCUT2D eigenvalue weighted by atomic mass is 10.2. The number of allylic oxidation sites excluding steroid dienone is 1. The number of amidine groups is 1. The van der Waals surface area contributed by atoms with Crippen LogP contribution in [0.5, 0.6) is 11.6 Å². The van der Waals surface area contributed by atoms with Crippen molar-refractivity contribution >= 4 is 17.5 Å². The number of hydrogen-bond donors (Lipinski definition) is 1. The lowest BCUT2D eigenvalue weighted by Crippen LogP contribution is -2.09. The number of aliphatic imine (C=N–C) groups is 1. The first-order chi connectivity index (χ1) is 13.2. The van der Waals surface area contributed by atoms with Crippen molar-refractivity contribution in [1.29, 1.82) is 0 Å². The predicted molar refractivity (Wildman–Crippen MR) is 112 cm³/mol. The highest BCUT2D eigenvalue weighted by molar-refractivity contribution is 6.03. The van der Waals surface area contributed by atoms with E-state index in [1.54, 1.807) is 30.5 Å². The van der Waals surface area contributed by atoms with Crippen LogP contribution in [0.2, 0.25) is 0 Å². The number of methoxy groups -OCH3 is 1. The minimum absolute atomic E-state index is 0. The number of hydrogen-bond acceptors (Lipinski definition) is 5. The van der Waals surface area contributed by atoms with Gasteiger partial charge in [0.15, 0.2) is 0 Å². The maximum absolute atomic E-state index is 11.8. The van der Waals surface area contributed by atoms with E-state index in [0.29, 0.717) is 12.3 Å². The molecule has 0 radical (unpaired) electrons. The molecule has 0 unspecified atom stereocenters. The number of carbonyl (C=O) groups excluding carboxylic acids is 1. The quantitative estimate of drug-likeness (QED) is 0.421. The van der Waals surface area contributed by atoms with Crippen LogP contribution in [-0.2, 0) is 4.74 Å². The second-order valence-electron chi connectivity index (χ2n) is 4.96. The lowest BCUT2D eigenvalue weighted by Gasteiger charge is -2.10. The first-order valence-corrected chi connectivity index (χ1v) is 8.93. The molecule has 0 spiro atoms. The van der Waals surface area contributed by atoms with Crippen molar-refractivity contribution in [2.24, 2.45) is 4.99 Å². The molecule has 0 saturated heterocycles. The number of anilines is 1. The van der Waals surface area contributed by atoms with Crippen molar-refractivity contribution in [2.45, 2.75) is 27.7 Å². The Balaban J connectivity index is 0.00000235. The number of esters is 1. The van der Waals surface area contributed by atoms with Crippen molar-refractivity contribution in [3.05, 3.63) is 60.3 Å². The Morgan fingerprint density at radius 1 is 1.26 bits per heavy atom. The molecule has 6 heteroatoms. The Kier molecular flexibility index (Phi) is 9.93. The van der Waals surface area contributed by atoms with E-state index in [2.05, 4.69) is 15.3 Å². The molecule has 0 atom stereocenters. The fourth-order valence-corrected chi connectivity index (χ4v) is 2.07. The Labute approximate surface area is 162 Å². The molecule has 2 aromatic rings. The molecule has 0 fully saturated rings. The van der Waals surface area contributed by atoms with Crippen molar-refractivity contribution in [3.63, 3.8) is 0 Å². The van der Waals surface area contributed by atoms with Crippen LogP contribution in [0.4, 0.5) is 5.69 Å². The van der Waals surface area contributed by atoms with Gasteiger partial charge in [-0.1, -0.05) is 19.9 Å². The summed E-state index contributed by atoms with van der Waals surface area (Å²) in [6.07, 6.45) is 5.39. The SMILES string of the molecule is C/C=C\C(=NCC)Nc1ccc(Oc2ncccc2C(=O)OC)cc1.CC.[HH]. The zero-order valence-electron chi connectivity index (χ0n) is 16.5. The molecule has 0 amide bonds. The van der Waals surface area contributed by atoms with Gasteiger partial charge >= 0.3 is 5.97 Å². The summed E-state index contributed by atoms with van der Waals surface area (Å²) in [7, 11) is 1.32. The van der Waals surface area contributed by atoms with E-state index >= 15 is 0 Å². The molecule has 146 valence electrons. The Morgan fingerprint density at radius 2 is 1.96 bits per heavy atom. The molecule has 0 bridgehead atoms. The minimum atomic E-state index is -0.492. The second-order valence-corrected chi connectivity index (χ2v) is 4.96. The molecule has 2 rings (SSSR count). The van der Waals surface area contributed by atoms with Crippen LogP contribution in [0.15, 0.2) is 59.7 Å². The van der Waals surface area contributed by atoms with E-state index in [0.717, 1.165) is 11.5 Å². The standard InChI is InChI=1S/C19H21N3O3.C2H6.H2/c1-4-7-17(20-5-2)22-14-9-11-15(12-10-14)25-18-16(19(23)24-3)8-6-13-21-18;1-2;/h4,6-13H,5H2,1-3H3,(H,20,22);1-2H3;1H/b7-4-;;. The van der Waals surface area contributed by atoms with Crippen LogP contribution in [0.25, 0.3) is 0 Å². The van der Waals surface area contributed by atoms with Crippen LogP contribution in [0.1, 0.15) is 39.5 Å². The topological polar surface area (TPSA) is 72.8 Å². The summed E-state index contributed by atoms with van der Waals surface area (Å²) in [5.74, 6) is 1.07. The molecule has 0 saturated carbocycles. The highest BCUT2D eigenvalue weighted by Crippen LogP contribution is 2.24. The number of aromatic nitrogens is 1. The summed E-state index contributed by atoms with van der Waals surface area (Å²) in [6.45, 7) is 8.62. The number of benzene rings is 1. The zero-order chi connectivity index (χ0) is 20.1. The number of nitrogens with one attached hydrogen (secondary N) is 1. The monoisotopic (exact) mass is 371 g/mol. The van der Waals surface area contributed by atoms with Crippen LogP contribution >= 0.6 is 0 Å². The molecular weight excluding hydrogens is 342 g/mol. The summed E-state index contributed by atoms with van der Waals surface area (Å²) >= 11 is 0. The smallest absolute Gasteiger partial charge is 0.343 e. The molecule has 6 nitrogen and oxygen atoms in total. The van der Waals surface area contributed by atoms with Crippen LogP contribution in [0.3, 0.4) is 0 Å². The first kappa shape index (κ1) is 21.9. The molecular formula is C21H29N3O3. The van der Waals surface area contributed by atoms with Gasteiger partial charge in [-0.05, 0) is 56.3 Å². The first-order valence-electron chi connectivity index (χ1n) is 8.93. The highest BCUT2D eigenvalue weighted by atomic mass is 16.5. The van der Waals surface area contributed by atoms with Gasteiger partial charge in [0.05, 0.1) is 7.11 Å². The van der Waals surface area contributed by atoms with E-state index in [9.17, 15) is 4.79 Å². The molecule has 0 aliphatic rings.